The predicted molar refractivity (Wildman–Crippen MR) is 88.7 cm³/mol. The zero-order valence-electron chi connectivity index (χ0n) is 8.93. The van der Waals surface area contributed by atoms with Crippen LogP contribution in [0.5, 0.6) is 0 Å². The van der Waals surface area contributed by atoms with Crippen molar-refractivity contribution >= 4 is 71.0 Å². The van der Waals surface area contributed by atoms with E-state index in [-0.39, 0.29) is 5.38 Å². The van der Waals surface area contributed by atoms with Crippen LogP contribution in [0.25, 0.3) is 0 Å². The van der Waals surface area contributed by atoms with Crippen LogP contribution >= 0.6 is 71.0 Å². The maximum absolute atomic E-state index is 6.52. The average Bonchev–Trinajstić information content (AvgIpc) is 2.31. The summed E-state index contributed by atoms with van der Waals surface area (Å²) in [6, 6.07) is 11.6. The molecule has 0 N–H and O–H groups in total. The van der Waals surface area contributed by atoms with E-state index in [0.717, 1.165) is 24.5 Å². The quantitative estimate of drug-likeness (QED) is 0.414. The molecule has 0 heterocycles. The third kappa shape index (κ3) is 3.31. The van der Waals surface area contributed by atoms with Crippen molar-refractivity contribution in [1.82, 2.24) is 0 Å². The molecule has 0 aromatic heterocycles. The normalized spacial score (nSPS) is 12.5. The van der Waals surface area contributed by atoms with Crippen LogP contribution in [0.15, 0.2) is 49.8 Å². The number of hydrogen-bond donors (Lipinski definition) is 0. The molecule has 18 heavy (non-hydrogen) atoms. The maximum atomic E-state index is 6.52. The first-order chi connectivity index (χ1) is 8.49. The smallest absolute Gasteiger partial charge is 0.0861 e. The Kier molecular flexibility index (Phi) is 5.18. The molecular weight excluding hydrogens is 467 g/mol. The third-order valence-electron chi connectivity index (χ3n) is 2.47. The van der Waals surface area contributed by atoms with Crippen molar-refractivity contribution in [2.45, 2.75) is 5.38 Å². The largest absolute Gasteiger partial charge is 0.112 e. The van der Waals surface area contributed by atoms with Crippen LogP contribution in [0, 0.1) is 0 Å². The summed E-state index contributed by atoms with van der Waals surface area (Å²) in [5.41, 5.74) is 1.87. The first-order valence-electron chi connectivity index (χ1n) is 5.03. The highest BCUT2D eigenvalue weighted by molar-refractivity contribution is 9.11. The molecule has 0 spiro atoms. The SMILES string of the molecule is Clc1cc(Br)ccc1C(Cl)c1cc(Br)ccc1Br. The van der Waals surface area contributed by atoms with E-state index < -0.39 is 0 Å². The van der Waals surface area contributed by atoms with Gasteiger partial charge in [-0.2, -0.15) is 0 Å². The third-order valence-corrected chi connectivity index (χ3v) is 4.97. The molecule has 0 aliphatic heterocycles. The van der Waals surface area contributed by atoms with Gasteiger partial charge >= 0.3 is 0 Å². The lowest BCUT2D eigenvalue weighted by molar-refractivity contribution is 1.12. The van der Waals surface area contributed by atoms with E-state index in [4.69, 9.17) is 23.2 Å². The summed E-state index contributed by atoms with van der Waals surface area (Å²) < 4.78 is 2.89. The molecule has 0 saturated heterocycles. The summed E-state index contributed by atoms with van der Waals surface area (Å²) in [5, 5.41) is 0.355. The Morgan fingerprint density at radius 1 is 0.833 bits per heavy atom. The van der Waals surface area contributed by atoms with Crippen LogP contribution in [0.2, 0.25) is 5.02 Å². The molecule has 5 heteroatoms. The lowest BCUT2D eigenvalue weighted by atomic mass is 10.0. The van der Waals surface area contributed by atoms with Crippen LogP contribution in [0.4, 0.5) is 0 Å². The molecule has 94 valence electrons. The molecule has 0 amide bonds. The van der Waals surface area contributed by atoms with E-state index in [1.807, 2.05) is 36.4 Å². The van der Waals surface area contributed by atoms with Crippen molar-refractivity contribution in [3.8, 4) is 0 Å². The summed E-state index contributed by atoms with van der Waals surface area (Å²) in [4.78, 5) is 0. The van der Waals surface area contributed by atoms with Crippen LogP contribution in [0.1, 0.15) is 16.5 Å². The number of benzene rings is 2. The minimum atomic E-state index is -0.294. The van der Waals surface area contributed by atoms with E-state index in [1.165, 1.54) is 0 Å². The second kappa shape index (κ2) is 6.27. The zero-order chi connectivity index (χ0) is 13.3. The topological polar surface area (TPSA) is 0 Å². The minimum Gasteiger partial charge on any atom is -0.112 e. The van der Waals surface area contributed by atoms with E-state index in [2.05, 4.69) is 47.8 Å². The lowest BCUT2D eigenvalue weighted by Gasteiger charge is -2.14. The van der Waals surface area contributed by atoms with Crippen molar-refractivity contribution in [3.05, 3.63) is 66.0 Å². The Labute approximate surface area is 141 Å². The molecular formula is C13H7Br3Cl2. The van der Waals surface area contributed by atoms with Crippen molar-refractivity contribution in [1.29, 1.82) is 0 Å². The first-order valence-corrected chi connectivity index (χ1v) is 8.22. The van der Waals surface area contributed by atoms with Gasteiger partial charge in [-0.1, -0.05) is 65.5 Å². The van der Waals surface area contributed by atoms with Gasteiger partial charge < -0.3 is 0 Å². The minimum absolute atomic E-state index is 0.294. The van der Waals surface area contributed by atoms with Gasteiger partial charge in [-0.05, 0) is 41.5 Å². The molecule has 2 aromatic rings. The first kappa shape index (κ1) is 14.9. The summed E-state index contributed by atoms with van der Waals surface area (Å²) in [6.07, 6.45) is 0. The van der Waals surface area contributed by atoms with Gasteiger partial charge in [0.2, 0.25) is 0 Å². The van der Waals surface area contributed by atoms with Crippen molar-refractivity contribution in [3.63, 3.8) is 0 Å². The highest BCUT2D eigenvalue weighted by Gasteiger charge is 2.17. The lowest BCUT2D eigenvalue weighted by Crippen LogP contribution is -1.96. The highest BCUT2D eigenvalue weighted by Crippen LogP contribution is 2.39. The monoisotopic (exact) mass is 470 g/mol. The molecule has 0 aliphatic carbocycles. The van der Waals surface area contributed by atoms with Gasteiger partial charge in [0.1, 0.15) is 0 Å². The molecule has 1 atom stereocenters. The van der Waals surface area contributed by atoms with E-state index in [9.17, 15) is 0 Å². The molecule has 0 bridgehead atoms. The number of alkyl halides is 1. The van der Waals surface area contributed by atoms with Gasteiger partial charge in [0, 0.05) is 18.4 Å². The second-order valence-corrected chi connectivity index (χ2v) is 7.22. The Bertz CT molecular complexity index is 584. The van der Waals surface area contributed by atoms with Crippen molar-refractivity contribution in [2.24, 2.45) is 0 Å². The Balaban J connectivity index is 2.47. The van der Waals surface area contributed by atoms with Gasteiger partial charge in [-0.25, -0.2) is 0 Å². The molecule has 0 radical (unpaired) electrons. The van der Waals surface area contributed by atoms with Crippen LogP contribution < -0.4 is 0 Å². The fourth-order valence-electron chi connectivity index (χ4n) is 1.58. The molecule has 0 saturated carbocycles. The maximum Gasteiger partial charge on any atom is 0.0861 e. The van der Waals surface area contributed by atoms with Gasteiger partial charge in [0.15, 0.2) is 0 Å². The summed E-state index contributed by atoms with van der Waals surface area (Å²) in [5.74, 6) is 0. The molecule has 2 rings (SSSR count). The Morgan fingerprint density at radius 2 is 1.44 bits per heavy atom. The van der Waals surface area contributed by atoms with Crippen LogP contribution in [0.3, 0.4) is 0 Å². The molecule has 0 fully saturated rings. The molecule has 0 aliphatic rings. The number of halogens is 5. The van der Waals surface area contributed by atoms with E-state index >= 15 is 0 Å². The van der Waals surface area contributed by atoms with E-state index in [1.54, 1.807) is 0 Å². The fraction of sp³-hybridized carbons (Fsp3) is 0.0769. The van der Waals surface area contributed by atoms with Crippen molar-refractivity contribution in [2.75, 3.05) is 0 Å². The van der Waals surface area contributed by atoms with Crippen LogP contribution in [-0.4, -0.2) is 0 Å². The molecule has 0 nitrogen and oxygen atoms in total. The Morgan fingerprint density at radius 3 is 2.11 bits per heavy atom. The van der Waals surface area contributed by atoms with Gasteiger partial charge in [-0.15, -0.1) is 11.6 Å². The fourth-order valence-corrected chi connectivity index (χ4v) is 3.78. The number of hydrogen-bond acceptors (Lipinski definition) is 0. The average molecular weight is 474 g/mol. The molecule has 1 unspecified atom stereocenters. The summed E-state index contributed by atoms with van der Waals surface area (Å²) in [6.45, 7) is 0. The van der Waals surface area contributed by atoms with Crippen molar-refractivity contribution < 1.29 is 0 Å². The summed E-state index contributed by atoms with van der Waals surface area (Å²) >= 11 is 23.1. The van der Waals surface area contributed by atoms with Gasteiger partial charge in [-0.3, -0.25) is 0 Å². The van der Waals surface area contributed by atoms with Crippen LogP contribution in [-0.2, 0) is 0 Å². The van der Waals surface area contributed by atoms with Gasteiger partial charge in [0.25, 0.3) is 0 Å². The second-order valence-electron chi connectivity index (χ2n) is 3.69. The summed E-state index contributed by atoms with van der Waals surface area (Å²) in [7, 11) is 0. The standard InChI is InChI=1S/C13H7Br3Cl2/c14-7-2-4-11(16)10(5-7)13(18)9-3-1-8(15)6-12(9)17/h1-6,13H. The predicted octanol–water partition coefficient (Wildman–Crippen LogP) is 6.96. The molecule has 2 aromatic carbocycles. The van der Waals surface area contributed by atoms with Gasteiger partial charge in [0.05, 0.1) is 5.38 Å². The highest BCUT2D eigenvalue weighted by atomic mass is 79.9. The Hall–Kier alpha value is 0.460. The van der Waals surface area contributed by atoms with E-state index in [0.29, 0.717) is 5.02 Å². The zero-order valence-corrected chi connectivity index (χ0v) is 15.2. The number of rotatable bonds is 2.